The van der Waals surface area contributed by atoms with Gasteiger partial charge in [-0.25, -0.2) is 0 Å². The Morgan fingerprint density at radius 3 is 2.69 bits per heavy atom. The van der Waals surface area contributed by atoms with Gasteiger partial charge in [0.05, 0.1) is 5.56 Å². The van der Waals surface area contributed by atoms with Crippen molar-refractivity contribution in [2.75, 3.05) is 6.54 Å². The lowest BCUT2D eigenvalue weighted by molar-refractivity contribution is 0.0954. The molecule has 0 spiro atoms. The molecule has 5 heteroatoms. The third-order valence-electron chi connectivity index (χ3n) is 7.41. The van der Waals surface area contributed by atoms with Crippen molar-refractivity contribution in [1.82, 2.24) is 14.5 Å². The van der Waals surface area contributed by atoms with Gasteiger partial charge in [0, 0.05) is 42.1 Å². The van der Waals surface area contributed by atoms with E-state index in [0.29, 0.717) is 17.6 Å². The fourth-order valence-corrected chi connectivity index (χ4v) is 5.67. The van der Waals surface area contributed by atoms with Crippen LogP contribution in [0.4, 0.5) is 0 Å². The normalized spacial score (nSPS) is 17.6. The number of pyridine rings is 1. The number of nitrogens with one attached hydrogen (secondary N) is 1. The van der Waals surface area contributed by atoms with E-state index >= 15 is 0 Å². The number of fused-ring (bicyclic) bond motifs is 3. The predicted molar refractivity (Wildman–Crippen MR) is 130 cm³/mol. The Kier molecular flexibility index (Phi) is 5.90. The summed E-state index contributed by atoms with van der Waals surface area (Å²) in [7, 11) is 1.94. The van der Waals surface area contributed by atoms with Crippen molar-refractivity contribution in [2.45, 2.75) is 70.3 Å². The number of para-hydroxylation sites is 1. The zero-order valence-corrected chi connectivity index (χ0v) is 19.0. The Labute approximate surface area is 189 Å². The van der Waals surface area contributed by atoms with Crippen LogP contribution in [0.5, 0.6) is 0 Å². The topological polar surface area (TPSA) is 56.0 Å². The fraction of sp³-hybridized carbons (Fsp3) is 0.481. The molecule has 2 aromatic heterocycles. The molecule has 0 saturated heterocycles. The SMILES string of the molecule is Cn1c2ccccc2c2c(C(=O)NCCC3=CCCCC3)cn(C3CCCCC3)c(=O)c21. The van der Waals surface area contributed by atoms with Gasteiger partial charge in [-0.1, -0.05) is 49.1 Å². The van der Waals surface area contributed by atoms with Crippen LogP contribution in [0.15, 0.2) is 46.9 Å². The molecule has 2 aliphatic rings. The van der Waals surface area contributed by atoms with E-state index in [1.807, 2.05) is 46.6 Å². The van der Waals surface area contributed by atoms with Crippen molar-refractivity contribution in [3.63, 3.8) is 0 Å². The van der Waals surface area contributed by atoms with Crippen LogP contribution in [-0.4, -0.2) is 21.6 Å². The van der Waals surface area contributed by atoms with E-state index in [0.717, 1.165) is 61.2 Å². The van der Waals surface area contributed by atoms with E-state index < -0.39 is 0 Å². The number of aryl methyl sites for hydroxylation is 1. The summed E-state index contributed by atoms with van der Waals surface area (Å²) < 4.78 is 3.83. The Bertz CT molecular complexity index is 1240. The third kappa shape index (κ3) is 3.78. The number of hydrogen-bond acceptors (Lipinski definition) is 2. The van der Waals surface area contributed by atoms with Gasteiger partial charge in [-0.2, -0.15) is 0 Å². The summed E-state index contributed by atoms with van der Waals surface area (Å²) >= 11 is 0. The largest absolute Gasteiger partial charge is 0.352 e. The van der Waals surface area contributed by atoms with Crippen LogP contribution in [0, 0.1) is 0 Å². The minimum absolute atomic E-state index is 0.0227. The van der Waals surface area contributed by atoms with E-state index in [2.05, 4.69) is 11.4 Å². The van der Waals surface area contributed by atoms with E-state index in [1.54, 1.807) is 0 Å². The minimum Gasteiger partial charge on any atom is -0.352 e. The molecule has 2 heterocycles. The van der Waals surface area contributed by atoms with Gasteiger partial charge in [0.2, 0.25) is 0 Å². The molecule has 3 aromatic rings. The van der Waals surface area contributed by atoms with Crippen molar-refractivity contribution in [3.8, 4) is 0 Å². The highest BCUT2D eigenvalue weighted by molar-refractivity contribution is 6.17. The summed E-state index contributed by atoms with van der Waals surface area (Å²) in [6, 6.07) is 8.19. The standard InChI is InChI=1S/C27H33N3O2/c1-29-23-15-9-8-14-21(23)24-22(26(31)28-17-16-19-10-4-2-5-11-19)18-30(27(32)25(24)29)20-12-6-3-7-13-20/h8-10,14-15,18,20H,2-7,11-13,16-17H2,1H3,(H,28,31). The number of carbonyl (C=O) groups is 1. The Hall–Kier alpha value is -2.82. The van der Waals surface area contributed by atoms with Gasteiger partial charge in [-0.3, -0.25) is 9.59 Å². The number of benzene rings is 1. The zero-order valence-electron chi connectivity index (χ0n) is 19.0. The van der Waals surface area contributed by atoms with Crippen molar-refractivity contribution < 1.29 is 4.79 Å². The summed E-state index contributed by atoms with van der Waals surface area (Å²) in [5, 5.41) is 4.91. The van der Waals surface area contributed by atoms with Crippen molar-refractivity contribution in [3.05, 3.63) is 58.0 Å². The summed E-state index contributed by atoms with van der Waals surface area (Å²) in [5.74, 6) is -0.0766. The maximum atomic E-state index is 13.6. The highest BCUT2D eigenvalue weighted by atomic mass is 16.2. The maximum absolute atomic E-state index is 13.6. The smallest absolute Gasteiger partial charge is 0.275 e. The first-order valence-electron chi connectivity index (χ1n) is 12.2. The average Bonchev–Trinajstić information content (AvgIpc) is 3.14. The Balaban J connectivity index is 1.57. The van der Waals surface area contributed by atoms with Gasteiger partial charge in [-0.05, 0) is 51.0 Å². The molecule has 0 bridgehead atoms. The van der Waals surface area contributed by atoms with Crippen LogP contribution in [-0.2, 0) is 7.05 Å². The second-order valence-corrected chi connectivity index (χ2v) is 9.46. The maximum Gasteiger partial charge on any atom is 0.275 e. The first-order valence-corrected chi connectivity index (χ1v) is 12.2. The van der Waals surface area contributed by atoms with Crippen LogP contribution < -0.4 is 10.9 Å². The van der Waals surface area contributed by atoms with Gasteiger partial charge in [-0.15, -0.1) is 0 Å². The molecule has 32 heavy (non-hydrogen) atoms. The summed E-state index contributed by atoms with van der Waals surface area (Å²) in [5.41, 5.74) is 3.73. The Morgan fingerprint density at radius 1 is 1.09 bits per heavy atom. The van der Waals surface area contributed by atoms with Gasteiger partial charge in [0.15, 0.2) is 0 Å². The van der Waals surface area contributed by atoms with Crippen LogP contribution >= 0.6 is 0 Å². The van der Waals surface area contributed by atoms with Gasteiger partial charge < -0.3 is 14.5 Å². The van der Waals surface area contributed by atoms with Gasteiger partial charge in [0.25, 0.3) is 11.5 Å². The molecule has 2 aliphatic carbocycles. The van der Waals surface area contributed by atoms with E-state index in [-0.39, 0.29) is 17.5 Å². The number of amides is 1. The second-order valence-electron chi connectivity index (χ2n) is 9.46. The lowest BCUT2D eigenvalue weighted by Crippen LogP contribution is -2.31. The molecule has 0 atom stereocenters. The quantitative estimate of drug-likeness (QED) is 0.533. The molecule has 5 rings (SSSR count). The van der Waals surface area contributed by atoms with Crippen molar-refractivity contribution in [1.29, 1.82) is 0 Å². The number of hydrogen-bond donors (Lipinski definition) is 1. The summed E-state index contributed by atoms with van der Waals surface area (Å²) in [6.45, 7) is 0.638. The minimum atomic E-state index is -0.0766. The molecular formula is C27H33N3O2. The van der Waals surface area contributed by atoms with E-state index in [4.69, 9.17) is 0 Å². The lowest BCUT2D eigenvalue weighted by Gasteiger charge is -2.25. The molecular weight excluding hydrogens is 398 g/mol. The lowest BCUT2D eigenvalue weighted by atomic mass is 9.95. The first-order chi connectivity index (χ1) is 15.6. The summed E-state index contributed by atoms with van der Waals surface area (Å²) in [4.78, 5) is 27.1. The summed E-state index contributed by atoms with van der Waals surface area (Å²) in [6.07, 6.45) is 15.4. The molecule has 1 fully saturated rings. The number of nitrogens with zero attached hydrogens (tertiary/aromatic N) is 2. The zero-order chi connectivity index (χ0) is 22.1. The molecule has 0 aliphatic heterocycles. The van der Waals surface area contributed by atoms with E-state index in [9.17, 15) is 9.59 Å². The molecule has 1 N–H and O–H groups in total. The number of rotatable bonds is 5. The van der Waals surface area contributed by atoms with E-state index in [1.165, 1.54) is 24.8 Å². The molecule has 168 valence electrons. The highest BCUT2D eigenvalue weighted by Gasteiger charge is 2.24. The first kappa shape index (κ1) is 21.0. The van der Waals surface area contributed by atoms with Crippen LogP contribution in [0.1, 0.15) is 80.6 Å². The highest BCUT2D eigenvalue weighted by Crippen LogP contribution is 2.32. The fourth-order valence-electron chi connectivity index (χ4n) is 5.67. The molecule has 0 unspecified atom stereocenters. The molecule has 1 aromatic carbocycles. The molecule has 5 nitrogen and oxygen atoms in total. The predicted octanol–water partition coefficient (Wildman–Crippen LogP) is 5.62. The van der Waals surface area contributed by atoms with Gasteiger partial charge in [0.1, 0.15) is 5.52 Å². The molecule has 1 amide bonds. The Morgan fingerprint density at radius 2 is 1.91 bits per heavy atom. The van der Waals surface area contributed by atoms with Gasteiger partial charge >= 0.3 is 0 Å². The monoisotopic (exact) mass is 431 g/mol. The second kappa shape index (κ2) is 8.97. The molecule has 0 radical (unpaired) electrons. The number of aromatic nitrogens is 2. The van der Waals surface area contributed by atoms with Crippen LogP contribution in [0.25, 0.3) is 21.8 Å². The van der Waals surface area contributed by atoms with Crippen LogP contribution in [0.2, 0.25) is 0 Å². The third-order valence-corrected chi connectivity index (χ3v) is 7.41. The average molecular weight is 432 g/mol. The number of allylic oxidation sites excluding steroid dienone is 1. The number of carbonyl (C=O) groups excluding carboxylic acids is 1. The molecule has 1 saturated carbocycles. The van der Waals surface area contributed by atoms with Crippen LogP contribution in [0.3, 0.4) is 0 Å². The van der Waals surface area contributed by atoms with Crippen molar-refractivity contribution >= 4 is 27.7 Å². The van der Waals surface area contributed by atoms with Crippen molar-refractivity contribution in [2.24, 2.45) is 7.05 Å².